The van der Waals surface area contributed by atoms with Gasteiger partial charge in [-0.2, -0.15) is 0 Å². The summed E-state index contributed by atoms with van der Waals surface area (Å²) in [6.45, 7) is 0. The van der Waals surface area contributed by atoms with E-state index in [-0.39, 0.29) is 34.0 Å². The quantitative estimate of drug-likeness (QED) is 0.518. The van der Waals surface area contributed by atoms with Crippen molar-refractivity contribution in [2.75, 3.05) is 0 Å². The number of halogens is 2. The summed E-state index contributed by atoms with van der Waals surface area (Å²) in [5.74, 6) is 1.74. The van der Waals surface area contributed by atoms with Crippen LogP contribution in [0.3, 0.4) is 0 Å². The minimum absolute atomic E-state index is 0. The molecule has 0 bridgehead atoms. The number of hydrogen-bond donors (Lipinski definition) is 0. The normalized spacial score (nSPS) is 8.00. The van der Waals surface area contributed by atoms with E-state index in [9.17, 15) is 0 Å². The van der Waals surface area contributed by atoms with Crippen LogP contribution in [-0.2, 0) is 19.9 Å². The topological polar surface area (TPSA) is 18.5 Å². The van der Waals surface area contributed by atoms with Crippen LogP contribution < -0.4 is 40.6 Å². The first kappa shape index (κ1) is 16.7. The molecule has 0 heterocycles. The molecule has 0 amide bonds. The van der Waals surface area contributed by atoms with Gasteiger partial charge in [0.05, 0.1) is 0 Å². The molecule has 2 nitrogen and oxygen atoms in total. The monoisotopic (exact) mass is 392 g/mol. The zero-order valence-electron chi connectivity index (χ0n) is 8.85. The summed E-state index contributed by atoms with van der Waals surface area (Å²) in [6.07, 6.45) is 0. The maximum atomic E-state index is 5.51. The molecule has 0 aromatic heterocycles. The van der Waals surface area contributed by atoms with Gasteiger partial charge in [0.15, 0.2) is 0 Å². The fourth-order valence-corrected chi connectivity index (χ4v) is 1.88. The molecular formula is C12H10Br2O2Ti. The summed E-state index contributed by atoms with van der Waals surface area (Å²) in [5, 5.41) is 0. The Hall–Kier alpha value is -0.286. The molecule has 0 N–H and O–H groups in total. The summed E-state index contributed by atoms with van der Waals surface area (Å²) in [5.41, 5.74) is 0. The van der Waals surface area contributed by atoms with E-state index in [0.717, 1.165) is 11.5 Å². The molecule has 0 saturated heterocycles. The summed E-state index contributed by atoms with van der Waals surface area (Å²) in [4.78, 5) is 0. The van der Waals surface area contributed by atoms with E-state index in [1.807, 2.05) is 60.7 Å². The van der Waals surface area contributed by atoms with Crippen LogP contribution in [-0.4, -0.2) is 0 Å². The Balaban J connectivity index is 0.00000128. The van der Waals surface area contributed by atoms with Gasteiger partial charge >= 0.3 is 98.7 Å². The molecule has 5 heteroatoms. The van der Waals surface area contributed by atoms with E-state index in [4.69, 9.17) is 6.64 Å². The van der Waals surface area contributed by atoms with Crippen LogP contribution in [0, 0.1) is 0 Å². The van der Waals surface area contributed by atoms with Crippen LogP contribution in [0.15, 0.2) is 60.7 Å². The van der Waals surface area contributed by atoms with E-state index in [1.165, 1.54) is 0 Å². The number of para-hydroxylation sites is 2. The third kappa shape index (κ3) is 6.27. The zero-order valence-corrected chi connectivity index (χ0v) is 13.6. The summed E-state index contributed by atoms with van der Waals surface area (Å²) in [7, 11) is 0. The molecule has 2 aromatic rings. The molecule has 2 rings (SSSR count). The Morgan fingerprint density at radius 3 is 1.29 bits per heavy atom. The molecule has 88 valence electrons. The summed E-state index contributed by atoms with van der Waals surface area (Å²) >= 11 is -0.864. The molecule has 0 spiro atoms. The summed E-state index contributed by atoms with van der Waals surface area (Å²) < 4.78 is 11.0. The second-order valence-corrected chi connectivity index (χ2v) is 3.81. The van der Waals surface area contributed by atoms with Crippen molar-refractivity contribution in [3.05, 3.63) is 60.7 Å². The molecule has 0 aliphatic carbocycles. The average molecular weight is 394 g/mol. The first-order chi connectivity index (χ1) is 7.45. The fourth-order valence-electron chi connectivity index (χ4n) is 1.09. The van der Waals surface area contributed by atoms with E-state index in [0.29, 0.717) is 0 Å². The van der Waals surface area contributed by atoms with Crippen LogP contribution in [0.1, 0.15) is 0 Å². The minimum atomic E-state index is -0.864. The van der Waals surface area contributed by atoms with Crippen molar-refractivity contribution >= 4 is 0 Å². The molecule has 0 saturated carbocycles. The van der Waals surface area contributed by atoms with Crippen LogP contribution >= 0.6 is 0 Å². The Labute approximate surface area is 132 Å². The van der Waals surface area contributed by atoms with Gasteiger partial charge in [-0.15, -0.1) is 0 Å². The fraction of sp³-hybridized carbons (Fsp3) is 0. The standard InChI is InChI=1S/2C6H6O.2BrH.Ti/c2*7-6-4-2-1-3-5-6;;;/h2*1-5,7H;2*1H;/q;;;;+4/p-4. The molecule has 0 fully saturated rings. The van der Waals surface area contributed by atoms with Crippen molar-refractivity contribution in [3.63, 3.8) is 0 Å². The van der Waals surface area contributed by atoms with Gasteiger partial charge in [-0.25, -0.2) is 0 Å². The van der Waals surface area contributed by atoms with Gasteiger partial charge in [-0.05, 0) is 0 Å². The van der Waals surface area contributed by atoms with Gasteiger partial charge in [0.2, 0.25) is 0 Å². The molecule has 0 atom stereocenters. The second-order valence-electron chi connectivity index (χ2n) is 2.91. The molecule has 17 heavy (non-hydrogen) atoms. The summed E-state index contributed by atoms with van der Waals surface area (Å²) in [6, 6.07) is 19.4. The van der Waals surface area contributed by atoms with Crippen LogP contribution in [0.5, 0.6) is 11.5 Å². The molecule has 0 radical (unpaired) electrons. The van der Waals surface area contributed by atoms with Gasteiger partial charge in [-0.3, -0.25) is 0 Å². The van der Waals surface area contributed by atoms with Crippen molar-refractivity contribution in [1.29, 1.82) is 0 Å². The third-order valence-electron chi connectivity index (χ3n) is 1.81. The molecule has 0 aliphatic heterocycles. The molecule has 0 unspecified atom stereocenters. The number of hydrogen-bond acceptors (Lipinski definition) is 2. The Morgan fingerprint density at radius 2 is 0.941 bits per heavy atom. The van der Waals surface area contributed by atoms with Crippen molar-refractivity contribution in [1.82, 2.24) is 0 Å². The second kappa shape index (κ2) is 9.71. The first-order valence-electron chi connectivity index (χ1n) is 4.64. The number of benzene rings is 2. The van der Waals surface area contributed by atoms with Crippen molar-refractivity contribution in [3.8, 4) is 11.5 Å². The Kier molecular flexibility index (Phi) is 9.55. The predicted molar refractivity (Wildman–Crippen MR) is 54.1 cm³/mol. The third-order valence-corrected chi connectivity index (χ3v) is 2.80. The van der Waals surface area contributed by atoms with Crippen molar-refractivity contribution in [2.45, 2.75) is 0 Å². The first-order valence-corrected chi connectivity index (χ1v) is 5.91. The Morgan fingerprint density at radius 1 is 0.588 bits per heavy atom. The van der Waals surface area contributed by atoms with Gasteiger partial charge in [0.25, 0.3) is 0 Å². The molecule has 0 aliphatic rings. The van der Waals surface area contributed by atoms with Gasteiger partial charge in [-0.1, -0.05) is 0 Å². The maximum absolute atomic E-state index is 5.51. The van der Waals surface area contributed by atoms with Gasteiger partial charge < -0.3 is 34.0 Å². The Bertz CT molecular complexity index is 358. The van der Waals surface area contributed by atoms with Gasteiger partial charge in [0.1, 0.15) is 0 Å². The van der Waals surface area contributed by atoms with Crippen molar-refractivity contribution < 1.29 is 60.5 Å². The van der Waals surface area contributed by atoms with Crippen LogP contribution in [0.2, 0.25) is 0 Å². The van der Waals surface area contributed by atoms with E-state index < -0.39 is 19.9 Å². The molecular weight excluding hydrogens is 384 g/mol. The van der Waals surface area contributed by atoms with E-state index in [1.54, 1.807) is 0 Å². The van der Waals surface area contributed by atoms with Crippen molar-refractivity contribution in [2.24, 2.45) is 0 Å². The van der Waals surface area contributed by atoms with E-state index in [2.05, 4.69) is 0 Å². The zero-order chi connectivity index (χ0) is 10.3. The van der Waals surface area contributed by atoms with E-state index >= 15 is 0 Å². The SMILES string of the molecule is [Br-].[Br-].c1ccc([O][Ti+2][O]c2ccccc2)cc1. The van der Waals surface area contributed by atoms with Gasteiger partial charge in [0, 0.05) is 0 Å². The predicted octanol–water partition coefficient (Wildman–Crippen LogP) is -2.94. The average Bonchev–Trinajstić information content (AvgIpc) is 2.32. The number of rotatable bonds is 4. The van der Waals surface area contributed by atoms with Crippen LogP contribution in [0.4, 0.5) is 0 Å². The van der Waals surface area contributed by atoms with Crippen LogP contribution in [0.25, 0.3) is 0 Å². The molecule has 2 aromatic carbocycles.